The number of hydrazone groups is 1. The summed E-state index contributed by atoms with van der Waals surface area (Å²) in [5.41, 5.74) is 4.77. The van der Waals surface area contributed by atoms with E-state index >= 15 is 0 Å². The molecule has 0 heterocycles. The third-order valence-corrected chi connectivity index (χ3v) is 2.67. The first-order chi connectivity index (χ1) is 7.77. The van der Waals surface area contributed by atoms with Crippen molar-refractivity contribution >= 4 is 17.4 Å². The molecular formula is C12H14N2O2. The zero-order valence-corrected chi connectivity index (χ0v) is 8.94. The molecule has 2 N–H and O–H groups in total. The number of carboxylic acid groups (broad SMARTS) is 1. The van der Waals surface area contributed by atoms with Crippen LogP contribution in [0.15, 0.2) is 29.4 Å². The van der Waals surface area contributed by atoms with Crippen molar-refractivity contribution in [1.82, 2.24) is 0 Å². The molecule has 84 valence electrons. The molecule has 0 bridgehead atoms. The molecule has 0 amide bonds. The van der Waals surface area contributed by atoms with Gasteiger partial charge < -0.3 is 5.11 Å². The fraction of sp³-hybridized carbons (Fsp3) is 0.333. The van der Waals surface area contributed by atoms with Crippen LogP contribution < -0.4 is 5.43 Å². The summed E-state index contributed by atoms with van der Waals surface area (Å²) in [6.45, 7) is 0. The predicted molar refractivity (Wildman–Crippen MR) is 62.9 cm³/mol. The lowest BCUT2D eigenvalue weighted by molar-refractivity contribution is 0.0698. The van der Waals surface area contributed by atoms with Crippen molar-refractivity contribution in [2.45, 2.75) is 25.7 Å². The standard InChI is InChI=1S/C12H14N2O2/c15-12(16)10-7-3-4-8-11(10)14-13-9-5-1-2-6-9/h3-4,7-8,14H,1-2,5-6H2,(H,15,16). The molecule has 0 unspecified atom stereocenters. The molecule has 0 spiro atoms. The van der Waals surface area contributed by atoms with E-state index in [1.54, 1.807) is 24.3 Å². The molecule has 0 aromatic heterocycles. The SMILES string of the molecule is O=C(O)c1ccccc1NN=C1CCCC1. The van der Waals surface area contributed by atoms with E-state index in [1.165, 1.54) is 12.8 Å². The number of hydrogen-bond donors (Lipinski definition) is 2. The Morgan fingerprint density at radius 1 is 1.25 bits per heavy atom. The van der Waals surface area contributed by atoms with Gasteiger partial charge in [0.15, 0.2) is 0 Å². The van der Waals surface area contributed by atoms with Gasteiger partial charge >= 0.3 is 5.97 Å². The van der Waals surface area contributed by atoms with E-state index in [1.807, 2.05) is 0 Å². The molecule has 2 rings (SSSR count). The van der Waals surface area contributed by atoms with Crippen LogP contribution >= 0.6 is 0 Å². The Bertz CT molecular complexity index is 419. The predicted octanol–water partition coefficient (Wildman–Crippen LogP) is 2.73. The number of anilines is 1. The van der Waals surface area contributed by atoms with Crippen LogP contribution in [0.3, 0.4) is 0 Å². The van der Waals surface area contributed by atoms with Crippen molar-refractivity contribution in [2.24, 2.45) is 5.10 Å². The van der Waals surface area contributed by atoms with Gasteiger partial charge in [-0.05, 0) is 37.8 Å². The lowest BCUT2D eigenvalue weighted by atomic mass is 10.2. The van der Waals surface area contributed by atoms with E-state index in [0.29, 0.717) is 5.69 Å². The second-order valence-electron chi connectivity index (χ2n) is 3.85. The van der Waals surface area contributed by atoms with Crippen LogP contribution in [-0.4, -0.2) is 16.8 Å². The third-order valence-electron chi connectivity index (χ3n) is 2.67. The molecule has 0 aliphatic heterocycles. The summed E-state index contributed by atoms with van der Waals surface area (Å²) in [5.74, 6) is -0.935. The Balaban J connectivity index is 2.14. The van der Waals surface area contributed by atoms with Crippen LogP contribution in [0.1, 0.15) is 36.0 Å². The van der Waals surface area contributed by atoms with Gasteiger partial charge in [-0.1, -0.05) is 12.1 Å². The van der Waals surface area contributed by atoms with Crippen LogP contribution in [0.25, 0.3) is 0 Å². The second-order valence-corrected chi connectivity index (χ2v) is 3.85. The average molecular weight is 218 g/mol. The van der Waals surface area contributed by atoms with Crippen LogP contribution in [0, 0.1) is 0 Å². The fourth-order valence-electron chi connectivity index (χ4n) is 1.80. The fourth-order valence-corrected chi connectivity index (χ4v) is 1.80. The van der Waals surface area contributed by atoms with E-state index in [4.69, 9.17) is 5.11 Å². The van der Waals surface area contributed by atoms with E-state index in [0.717, 1.165) is 18.6 Å². The first-order valence-corrected chi connectivity index (χ1v) is 5.41. The van der Waals surface area contributed by atoms with Crippen molar-refractivity contribution < 1.29 is 9.90 Å². The summed E-state index contributed by atoms with van der Waals surface area (Å²) in [7, 11) is 0. The van der Waals surface area contributed by atoms with Gasteiger partial charge in [-0.25, -0.2) is 4.79 Å². The van der Waals surface area contributed by atoms with E-state index in [9.17, 15) is 4.79 Å². The van der Waals surface area contributed by atoms with Gasteiger partial charge in [-0.3, -0.25) is 5.43 Å². The van der Waals surface area contributed by atoms with Crippen molar-refractivity contribution in [3.63, 3.8) is 0 Å². The number of nitrogens with zero attached hydrogens (tertiary/aromatic N) is 1. The average Bonchev–Trinajstić information content (AvgIpc) is 2.79. The van der Waals surface area contributed by atoms with Crippen molar-refractivity contribution in [2.75, 3.05) is 5.43 Å². The monoisotopic (exact) mass is 218 g/mol. The topological polar surface area (TPSA) is 61.7 Å². The molecule has 4 nitrogen and oxygen atoms in total. The summed E-state index contributed by atoms with van der Waals surface area (Å²) in [6.07, 6.45) is 4.40. The largest absolute Gasteiger partial charge is 0.478 e. The lowest BCUT2D eigenvalue weighted by Gasteiger charge is -2.05. The summed E-state index contributed by atoms with van der Waals surface area (Å²) in [6, 6.07) is 6.79. The molecule has 0 saturated heterocycles. The molecule has 1 aromatic carbocycles. The van der Waals surface area contributed by atoms with E-state index in [2.05, 4.69) is 10.5 Å². The van der Waals surface area contributed by atoms with Gasteiger partial charge in [0.25, 0.3) is 0 Å². The van der Waals surface area contributed by atoms with Gasteiger partial charge in [-0.2, -0.15) is 5.10 Å². The molecular weight excluding hydrogens is 204 g/mol. The van der Waals surface area contributed by atoms with Gasteiger partial charge in [0.2, 0.25) is 0 Å². The highest BCUT2D eigenvalue weighted by atomic mass is 16.4. The first kappa shape index (κ1) is 10.7. The summed E-state index contributed by atoms with van der Waals surface area (Å²) >= 11 is 0. The Morgan fingerprint density at radius 3 is 2.62 bits per heavy atom. The molecule has 1 fully saturated rings. The van der Waals surface area contributed by atoms with Gasteiger partial charge in [-0.15, -0.1) is 0 Å². The minimum atomic E-state index is -0.935. The maximum atomic E-state index is 10.9. The molecule has 1 aliphatic rings. The maximum absolute atomic E-state index is 10.9. The normalized spacial score (nSPS) is 14.9. The second kappa shape index (κ2) is 4.79. The molecule has 1 aliphatic carbocycles. The van der Waals surface area contributed by atoms with Crippen LogP contribution in [0.5, 0.6) is 0 Å². The Labute approximate surface area is 94.0 Å². The minimum Gasteiger partial charge on any atom is -0.478 e. The summed E-state index contributed by atoms with van der Waals surface area (Å²) in [5, 5.41) is 13.2. The summed E-state index contributed by atoms with van der Waals surface area (Å²) in [4.78, 5) is 10.9. The number of carboxylic acids is 1. The zero-order chi connectivity index (χ0) is 11.4. The Morgan fingerprint density at radius 2 is 1.94 bits per heavy atom. The minimum absolute atomic E-state index is 0.254. The number of benzene rings is 1. The quantitative estimate of drug-likeness (QED) is 0.767. The molecule has 4 heteroatoms. The number of nitrogens with one attached hydrogen (secondary N) is 1. The smallest absolute Gasteiger partial charge is 0.337 e. The van der Waals surface area contributed by atoms with Crippen molar-refractivity contribution in [1.29, 1.82) is 0 Å². The molecule has 1 saturated carbocycles. The molecule has 16 heavy (non-hydrogen) atoms. The van der Waals surface area contributed by atoms with Gasteiger partial charge in [0.05, 0.1) is 11.3 Å². The van der Waals surface area contributed by atoms with E-state index in [-0.39, 0.29) is 5.56 Å². The number of aromatic carboxylic acids is 1. The molecule has 0 atom stereocenters. The number of rotatable bonds is 3. The number of para-hydroxylation sites is 1. The molecule has 1 aromatic rings. The zero-order valence-electron chi connectivity index (χ0n) is 8.94. The molecule has 0 radical (unpaired) electrons. The highest BCUT2D eigenvalue weighted by Crippen LogP contribution is 2.18. The number of hydrogen-bond acceptors (Lipinski definition) is 3. The maximum Gasteiger partial charge on any atom is 0.337 e. The summed E-state index contributed by atoms with van der Waals surface area (Å²) < 4.78 is 0. The Hall–Kier alpha value is -1.84. The van der Waals surface area contributed by atoms with Crippen LogP contribution in [0.2, 0.25) is 0 Å². The number of carbonyl (C=O) groups is 1. The van der Waals surface area contributed by atoms with Gasteiger partial charge in [0.1, 0.15) is 0 Å². The first-order valence-electron chi connectivity index (χ1n) is 5.41. The van der Waals surface area contributed by atoms with Crippen molar-refractivity contribution in [3.8, 4) is 0 Å². The van der Waals surface area contributed by atoms with Crippen LogP contribution in [-0.2, 0) is 0 Å². The highest BCUT2D eigenvalue weighted by molar-refractivity contribution is 5.94. The van der Waals surface area contributed by atoms with Crippen LogP contribution in [0.4, 0.5) is 5.69 Å². The lowest BCUT2D eigenvalue weighted by Crippen LogP contribution is -2.03. The highest BCUT2D eigenvalue weighted by Gasteiger charge is 2.10. The van der Waals surface area contributed by atoms with E-state index < -0.39 is 5.97 Å². The Kier molecular flexibility index (Phi) is 3.19. The van der Waals surface area contributed by atoms with Gasteiger partial charge in [0, 0.05) is 5.71 Å². The third kappa shape index (κ3) is 2.39. The van der Waals surface area contributed by atoms with Crippen molar-refractivity contribution in [3.05, 3.63) is 29.8 Å².